The highest BCUT2D eigenvalue weighted by Gasteiger charge is 2.42. The van der Waals surface area contributed by atoms with Gasteiger partial charge in [-0.3, -0.25) is 4.79 Å². The van der Waals surface area contributed by atoms with Gasteiger partial charge in [0.15, 0.2) is 0 Å². The number of amides is 1. The largest absolute Gasteiger partial charge is 0.477 e. The van der Waals surface area contributed by atoms with Crippen molar-refractivity contribution in [2.75, 3.05) is 36.0 Å². The Morgan fingerprint density at radius 1 is 1.12 bits per heavy atom. The van der Waals surface area contributed by atoms with Crippen LogP contribution in [0.5, 0.6) is 0 Å². The molecule has 3 aromatic rings. The number of anilines is 2. The number of halogens is 1. The number of thiophene rings is 1. The van der Waals surface area contributed by atoms with Crippen LogP contribution in [0.2, 0.25) is 5.02 Å². The summed E-state index contributed by atoms with van der Waals surface area (Å²) in [6.45, 7) is 6.72. The molecule has 3 aliphatic rings. The number of carbonyl (C=O) groups excluding carboxylic acids is 1. The maximum Gasteiger partial charge on any atom is 0.348 e. The van der Waals surface area contributed by atoms with Gasteiger partial charge in [0, 0.05) is 35.7 Å². The third-order valence-electron chi connectivity index (χ3n) is 8.95. The molecule has 0 radical (unpaired) electrons. The van der Waals surface area contributed by atoms with E-state index in [4.69, 9.17) is 11.6 Å². The second-order valence-electron chi connectivity index (χ2n) is 12.6. The van der Waals surface area contributed by atoms with Gasteiger partial charge in [0.05, 0.1) is 23.2 Å². The molecule has 1 saturated carbocycles. The van der Waals surface area contributed by atoms with Gasteiger partial charge in [-0.2, -0.15) is 0 Å². The molecule has 2 aliphatic heterocycles. The average Bonchev–Trinajstić information content (AvgIpc) is 3.61. The zero-order valence-electron chi connectivity index (χ0n) is 24.5. The average molecular weight is 641 g/mol. The van der Waals surface area contributed by atoms with Gasteiger partial charge in [-0.1, -0.05) is 56.8 Å². The Kier molecular flexibility index (Phi) is 8.65. The summed E-state index contributed by atoms with van der Waals surface area (Å²) in [5, 5.41) is 10.8. The fraction of sp³-hybridized carbons (Fsp3) is 0.469. The van der Waals surface area contributed by atoms with Gasteiger partial charge in [0.25, 0.3) is 0 Å². The Morgan fingerprint density at radius 2 is 1.86 bits per heavy atom. The third kappa shape index (κ3) is 6.38. The van der Waals surface area contributed by atoms with Crippen molar-refractivity contribution in [2.45, 2.75) is 63.3 Å². The highest BCUT2D eigenvalue weighted by Crippen LogP contribution is 2.42. The van der Waals surface area contributed by atoms with Crippen LogP contribution in [0.25, 0.3) is 10.4 Å². The second-order valence-corrected chi connectivity index (χ2v) is 15.6. The van der Waals surface area contributed by atoms with Crippen molar-refractivity contribution in [3.63, 3.8) is 0 Å². The summed E-state index contributed by atoms with van der Waals surface area (Å²) in [5.41, 5.74) is 1.52. The predicted molar refractivity (Wildman–Crippen MR) is 172 cm³/mol. The Balaban J connectivity index is 1.28. The molecule has 1 aliphatic carbocycles. The Bertz CT molecular complexity index is 1520. The zero-order valence-corrected chi connectivity index (χ0v) is 26.9. The van der Waals surface area contributed by atoms with Crippen LogP contribution in [0.3, 0.4) is 0 Å². The van der Waals surface area contributed by atoms with Crippen molar-refractivity contribution in [1.29, 1.82) is 0 Å². The molecule has 2 saturated heterocycles. The lowest BCUT2D eigenvalue weighted by Gasteiger charge is -2.44. The summed E-state index contributed by atoms with van der Waals surface area (Å²) in [7, 11) is -1.57. The number of hydrogen-bond donors (Lipinski definition) is 1. The summed E-state index contributed by atoms with van der Waals surface area (Å²) in [5.74, 6) is -0.226. The molecule has 8 nitrogen and oxygen atoms in total. The van der Waals surface area contributed by atoms with E-state index in [-0.39, 0.29) is 34.7 Å². The topological polar surface area (TPSA) is 94.1 Å². The van der Waals surface area contributed by atoms with Crippen molar-refractivity contribution in [2.24, 2.45) is 11.3 Å². The van der Waals surface area contributed by atoms with E-state index in [0.29, 0.717) is 22.2 Å². The van der Waals surface area contributed by atoms with E-state index in [2.05, 4.69) is 23.7 Å². The van der Waals surface area contributed by atoms with Gasteiger partial charge in [-0.15, -0.1) is 11.3 Å². The molecule has 11 heteroatoms. The molecule has 43 heavy (non-hydrogen) atoms. The standard InChI is InChI=1S/C32H37ClN4O4S2/c1-32(2)14-15-35(20-32)28-13-12-24(17-34-28)43(41)36-18-26(21-6-4-3-5-7-21)37(29(38)19-36)25-16-27(42-30(25)31(39)40)22-8-10-23(33)11-9-22/h8-13,16-17,21,26H,3-7,14-15,18-20H2,1-2H3,(H,39,40). The summed E-state index contributed by atoms with van der Waals surface area (Å²) in [6, 6.07) is 12.6. The number of benzene rings is 1. The van der Waals surface area contributed by atoms with E-state index in [0.717, 1.165) is 79.2 Å². The molecule has 228 valence electrons. The summed E-state index contributed by atoms with van der Waals surface area (Å²) in [4.78, 5) is 36.5. The van der Waals surface area contributed by atoms with Crippen LogP contribution in [0.15, 0.2) is 53.6 Å². The maximum atomic E-state index is 14.0. The zero-order chi connectivity index (χ0) is 30.3. The van der Waals surface area contributed by atoms with Crippen LogP contribution >= 0.6 is 22.9 Å². The first kappa shape index (κ1) is 30.2. The van der Waals surface area contributed by atoms with Crippen molar-refractivity contribution in [1.82, 2.24) is 9.29 Å². The van der Waals surface area contributed by atoms with E-state index in [1.54, 1.807) is 27.5 Å². The van der Waals surface area contributed by atoms with E-state index in [1.807, 2.05) is 30.3 Å². The fourth-order valence-electron chi connectivity index (χ4n) is 6.67. The number of aromatic nitrogens is 1. The predicted octanol–water partition coefficient (Wildman–Crippen LogP) is 6.72. The highest BCUT2D eigenvalue weighted by molar-refractivity contribution is 7.82. The Labute approximate surface area is 264 Å². The first-order valence-electron chi connectivity index (χ1n) is 14.9. The second kappa shape index (κ2) is 12.3. The van der Waals surface area contributed by atoms with Crippen LogP contribution in [0.1, 0.15) is 62.0 Å². The lowest BCUT2D eigenvalue weighted by atomic mass is 9.82. The maximum absolute atomic E-state index is 14.0. The molecule has 1 N–H and O–H groups in total. The smallest absolute Gasteiger partial charge is 0.348 e. The number of carbonyl (C=O) groups is 2. The molecular formula is C32H37ClN4O4S2. The molecule has 0 bridgehead atoms. The number of piperazine rings is 1. The van der Waals surface area contributed by atoms with Crippen molar-refractivity contribution in [3.8, 4) is 10.4 Å². The van der Waals surface area contributed by atoms with E-state index < -0.39 is 17.0 Å². The van der Waals surface area contributed by atoms with Crippen LogP contribution in [-0.2, 0) is 15.8 Å². The van der Waals surface area contributed by atoms with Crippen LogP contribution < -0.4 is 9.80 Å². The molecule has 2 atom stereocenters. The first-order chi connectivity index (χ1) is 20.6. The molecular weight excluding hydrogens is 604 g/mol. The number of rotatable bonds is 7. The first-order valence-corrected chi connectivity index (χ1v) is 17.2. The molecule has 6 rings (SSSR count). The van der Waals surface area contributed by atoms with Gasteiger partial charge in [0.1, 0.15) is 21.7 Å². The minimum Gasteiger partial charge on any atom is -0.477 e. The quantitative estimate of drug-likeness (QED) is 0.308. The molecule has 4 heterocycles. The summed E-state index contributed by atoms with van der Waals surface area (Å²) < 4.78 is 15.6. The molecule has 1 aromatic carbocycles. The third-order valence-corrected chi connectivity index (χ3v) is 11.8. The number of carboxylic acid groups (broad SMARTS) is 1. The normalized spacial score (nSPS) is 22.2. The van der Waals surface area contributed by atoms with E-state index >= 15 is 0 Å². The van der Waals surface area contributed by atoms with Gasteiger partial charge in [0.2, 0.25) is 5.91 Å². The van der Waals surface area contributed by atoms with Crippen LogP contribution in [0, 0.1) is 11.3 Å². The van der Waals surface area contributed by atoms with Gasteiger partial charge in [-0.25, -0.2) is 18.3 Å². The minimum atomic E-state index is -1.57. The molecule has 3 fully saturated rings. The molecule has 2 unspecified atom stereocenters. The van der Waals surface area contributed by atoms with Crippen molar-refractivity contribution >= 4 is 57.3 Å². The SMILES string of the molecule is CC1(C)CCN(c2ccc(S(=O)N3CC(=O)N(c4cc(-c5ccc(Cl)cc5)sc4C(=O)O)C(C4CCCCC4)C3)cn2)C1. The van der Waals surface area contributed by atoms with Gasteiger partial charge in [-0.05, 0) is 66.5 Å². The highest BCUT2D eigenvalue weighted by atomic mass is 35.5. The van der Waals surface area contributed by atoms with Crippen molar-refractivity contribution < 1.29 is 18.9 Å². The van der Waals surface area contributed by atoms with E-state index in [9.17, 15) is 18.9 Å². The lowest BCUT2D eigenvalue weighted by Crippen LogP contribution is -2.59. The number of carboxylic acids is 1. The van der Waals surface area contributed by atoms with Crippen LogP contribution in [0.4, 0.5) is 11.5 Å². The summed E-state index contributed by atoms with van der Waals surface area (Å²) in [6.07, 6.45) is 7.96. The number of pyridine rings is 1. The number of hydrogen-bond acceptors (Lipinski definition) is 6. The Hall–Kier alpha value is -2.79. The summed E-state index contributed by atoms with van der Waals surface area (Å²) >= 11 is 7.25. The lowest BCUT2D eigenvalue weighted by molar-refractivity contribution is -0.121. The Morgan fingerprint density at radius 3 is 2.49 bits per heavy atom. The van der Waals surface area contributed by atoms with Gasteiger partial charge >= 0.3 is 5.97 Å². The van der Waals surface area contributed by atoms with E-state index in [1.165, 1.54) is 0 Å². The van der Waals surface area contributed by atoms with Crippen molar-refractivity contribution in [3.05, 3.63) is 58.6 Å². The molecule has 2 aromatic heterocycles. The molecule has 1 amide bonds. The number of nitrogens with zero attached hydrogens (tertiary/aromatic N) is 4. The molecule has 0 spiro atoms. The fourth-order valence-corrected chi connectivity index (χ4v) is 8.94. The minimum absolute atomic E-state index is 0.0664. The van der Waals surface area contributed by atoms with Gasteiger partial charge < -0.3 is 14.9 Å². The monoisotopic (exact) mass is 640 g/mol. The number of aromatic carboxylic acids is 1. The van der Waals surface area contributed by atoms with Crippen LogP contribution in [-0.4, -0.2) is 62.7 Å².